The van der Waals surface area contributed by atoms with Gasteiger partial charge in [-0.15, -0.1) is 0 Å². The van der Waals surface area contributed by atoms with Crippen LogP contribution >= 0.6 is 23.2 Å². The highest BCUT2D eigenvalue weighted by atomic mass is 35.5. The first-order valence-corrected chi connectivity index (χ1v) is 5.93. The molecule has 2 aromatic rings. The van der Waals surface area contributed by atoms with Gasteiger partial charge in [0, 0.05) is 40.1 Å². The van der Waals surface area contributed by atoms with Crippen molar-refractivity contribution in [3.8, 4) is 0 Å². The maximum atomic E-state index is 11.2. The summed E-state index contributed by atoms with van der Waals surface area (Å²) < 4.78 is 1.89. The standard InChI is InChI=1S/C13H11Cl2NO/c1-9(17)10-5-6-16(7-10)8-11-12(14)3-2-4-13(11)15/h2-7H,8H2,1H3. The molecule has 0 spiro atoms. The number of carbonyl (C=O) groups is 1. The van der Waals surface area contributed by atoms with Crippen molar-refractivity contribution < 1.29 is 4.79 Å². The van der Waals surface area contributed by atoms with Crippen LogP contribution in [0.1, 0.15) is 22.8 Å². The molecule has 2 nitrogen and oxygen atoms in total. The maximum Gasteiger partial charge on any atom is 0.161 e. The average molecular weight is 268 g/mol. The predicted molar refractivity (Wildman–Crippen MR) is 70.0 cm³/mol. The molecule has 0 saturated heterocycles. The molecule has 1 aromatic carbocycles. The lowest BCUT2D eigenvalue weighted by Crippen LogP contribution is -1.98. The first kappa shape index (κ1) is 12.2. The molecular weight excluding hydrogens is 257 g/mol. The summed E-state index contributed by atoms with van der Waals surface area (Å²) in [6, 6.07) is 7.20. The number of benzene rings is 1. The fourth-order valence-corrected chi connectivity index (χ4v) is 2.13. The summed E-state index contributed by atoms with van der Waals surface area (Å²) in [7, 11) is 0. The molecule has 0 radical (unpaired) electrons. The lowest BCUT2D eigenvalue weighted by Gasteiger charge is -2.07. The van der Waals surface area contributed by atoms with Gasteiger partial charge in [-0.05, 0) is 25.1 Å². The van der Waals surface area contributed by atoms with Crippen molar-refractivity contribution in [2.24, 2.45) is 0 Å². The zero-order chi connectivity index (χ0) is 12.4. The van der Waals surface area contributed by atoms with Crippen LogP contribution in [0.15, 0.2) is 36.7 Å². The van der Waals surface area contributed by atoms with Crippen molar-refractivity contribution in [2.75, 3.05) is 0 Å². The monoisotopic (exact) mass is 267 g/mol. The molecule has 1 aromatic heterocycles. The quantitative estimate of drug-likeness (QED) is 0.770. The Bertz CT molecular complexity index is 540. The molecule has 0 bridgehead atoms. The fourth-order valence-electron chi connectivity index (χ4n) is 1.61. The largest absolute Gasteiger partial charge is 0.349 e. The second-order valence-corrected chi connectivity index (χ2v) is 4.64. The van der Waals surface area contributed by atoms with E-state index in [0.29, 0.717) is 22.2 Å². The van der Waals surface area contributed by atoms with Crippen LogP contribution in [0.5, 0.6) is 0 Å². The number of rotatable bonds is 3. The number of carbonyl (C=O) groups excluding carboxylic acids is 1. The van der Waals surface area contributed by atoms with Gasteiger partial charge >= 0.3 is 0 Å². The summed E-state index contributed by atoms with van der Waals surface area (Å²) in [5, 5.41) is 1.27. The number of aromatic nitrogens is 1. The van der Waals surface area contributed by atoms with Gasteiger partial charge < -0.3 is 4.57 Å². The zero-order valence-electron chi connectivity index (χ0n) is 9.28. The van der Waals surface area contributed by atoms with Gasteiger partial charge in [-0.25, -0.2) is 0 Å². The summed E-state index contributed by atoms with van der Waals surface area (Å²) in [4.78, 5) is 11.2. The fraction of sp³-hybridized carbons (Fsp3) is 0.154. The molecule has 0 aliphatic rings. The predicted octanol–water partition coefficient (Wildman–Crippen LogP) is 4.05. The summed E-state index contributed by atoms with van der Waals surface area (Å²) in [6.45, 7) is 2.11. The van der Waals surface area contributed by atoms with Crippen LogP contribution in [0.4, 0.5) is 0 Å². The van der Waals surface area contributed by atoms with E-state index in [2.05, 4.69) is 0 Å². The van der Waals surface area contributed by atoms with Gasteiger partial charge in [-0.1, -0.05) is 29.3 Å². The van der Waals surface area contributed by atoms with Gasteiger partial charge in [-0.3, -0.25) is 4.79 Å². The number of ketones is 1. The number of hydrogen-bond acceptors (Lipinski definition) is 1. The van der Waals surface area contributed by atoms with Crippen LogP contribution in [-0.2, 0) is 6.54 Å². The second-order valence-electron chi connectivity index (χ2n) is 3.83. The number of hydrogen-bond donors (Lipinski definition) is 0. The van der Waals surface area contributed by atoms with Gasteiger partial charge in [0.2, 0.25) is 0 Å². The van der Waals surface area contributed by atoms with Crippen molar-refractivity contribution in [3.63, 3.8) is 0 Å². The van der Waals surface area contributed by atoms with Crippen molar-refractivity contribution in [1.82, 2.24) is 4.57 Å². The van der Waals surface area contributed by atoms with E-state index in [9.17, 15) is 4.79 Å². The SMILES string of the molecule is CC(=O)c1ccn(Cc2c(Cl)cccc2Cl)c1. The Morgan fingerprint density at radius 3 is 2.41 bits per heavy atom. The molecule has 0 aliphatic heterocycles. The lowest BCUT2D eigenvalue weighted by atomic mass is 10.2. The van der Waals surface area contributed by atoms with Crippen LogP contribution in [0.3, 0.4) is 0 Å². The van der Waals surface area contributed by atoms with Crippen LogP contribution < -0.4 is 0 Å². The topological polar surface area (TPSA) is 22.0 Å². The van der Waals surface area contributed by atoms with Crippen molar-refractivity contribution in [1.29, 1.82) is 0 Å². The van der Waals surface area contributed by atoms with E-state index in [1.54, 1.807) is 31.3 Å². The van der Waals surface area contributed by atoms with Crippen LogP contribution in [0, 0.1) is 0 Å². The summed E-state index contributed by atoms with van der Waals surface area (Å²) >= 11 is 12.2. The molecular formula is C13H11Cl2NO. The normalized spacial score (nSPS) is 10.5. The summed E-state index contributed by atoms with van der Waals surface area (Å²) in [5.74, 6) is 0.0500. The Hall–Kier alpha value is -1.25. The molecule has 2 rings (SSSR count). The molecule has 0 N–H and O–H groups in total. The first-order valence-electron chi connectivity index (χ1n) is 5.17. The van der Waals surface area contributed by atoms with Crippen molar-refractivity contribution in [2.45, 2.75) is 13.5 Å². The van der Waals surface area contributed by atoms with E-state index in [4.69, 9.17) is 23.2 Å². The second kappa shape index (κ2) is 4.94. The molecule has 88 valence electrons. The van der Waals surface area contributed by atoms with E-state index in [-0.39, 0.29) is 5.78 Å². The Morgan fingerprint density at radius 1 is 1.24 bits per heavy atom. The van der Waals surface area contributed by atoms with E-state index in [0.717, 1.165) is 5.56 Å². The van der Waals surface area contributed by atoms with Gasteiger partial charge in [0.15, 0.2) is 5.78 Å². The summed E-state index contributed by atoms with van der Waals surface area (Å²) in [6.07, 6.45) is 3.64. The smallest absolute Gasteiger partial charge is 0.161 e. The van der Waals surface area contributed by atoms with E-state index in [1.165, 1.54) is 0 Å². The maximum absolute atomic E-state index is 11.2. The third-order valence-electron chi connectivity index (χ3n) is 2.56. The Labute approximate surface area is 110 Å². The Kier molecular flexibility index (Phi) is 3.55. The van der Waals surface area contributed by atoms with Gasteiger partial charge in [0.1, 0.15) is 0 Å². The molecule has 0 fully saturated rings. The highest BCUT2D eigenvalue weighted by molar-refractivity contribution is 6.35. The minimum Gasteiger partial charge on any atom is -0.349 e. The highest BCUT2D eigenvalue weighted by Gasteiger charge is 2.07. The van der Waals surface area contributed by atoms with E-state index in [1.807, 2.05) is 16.8 Å². The van der Waals surface area contributed by atoms with E-state index >= 15 is 0 Å². The third-order valence-corrected chi connectivity index (χ3v) is 3.27. The van der Waals surface area contributed by atoms with E-state index < -0.39 is 0 Å². The molecule has 0 aliphatic carbocycles. The lowest BCUT2D eigenvalue weighted by molar-refractivity contribution is 0.101. The first-order chi connectivity index (χ1) is 8.08. The Balaban J connectivity index is 2.28. The van der Waals surface area contributed by atoms with Crippen LogP contribution in [-0.4, -0.2) is 10.4 Å². The van der Waals surface area contributed by atoms with Gasteiger partial charge in [0.25, 0.3) is 0 Å². The van der Waals surface area contributed by atoms with Crippen molar-refractivity contribution in [3.05, 3.63) is 57.8 Å². The van der Waals surface area contributed by atoms with Crippen molar-refractivity contribution >= 4 is 29.0 Å². The molecule has 17 heavy (non-hydrogen) atoms. The molecule has 4 heteroatoms. The molecule has 0 amide bonds. The minimum absolute atomic E-state index is 0.0500. The van der Waals surface area contributed by atoms with Crippen LogP contribution in [0.25, 0.3) is 0 Å². The highest BCUT2D eigenvalue weighted by Crippen LogP contribution is 2.25. The average Bonchev–Trinajstić information content (AvgIpc) is 2.72. The molecule has 0 saturated carbocycles. The van der Waals surface area contributed by atoms with Gasteiger partial charge in [-0.2, -0.15) is 0 Å². The van der Waals surface area contributed by atoms with Crippen LogP contribution in [0.2, 0.25) is 10.0 Å². The molecule has 0 unspecified atom stereocenters. The third kappa shape index (κ3) is 2.71. The Morgan fingerprint density at radius 2 is 1.88 bits per heavy atom. The number of halogens is 2. The number of Topliss-reactive ketones (excluding diaryl/α,β-unsaturated/α-hetero) is 1. The number of nitrogens with zero attached hydrogens (tertiary/aromatic N) is 1. The minimum atomic E-state index is 0.0500. The summed E-state index contributed by atoms with van der Waals surface area (Å²) in [5.41, 5.74) is 1.55. The van der Waals surface area contributed by atoms with Gasteiger partial charge in [0.05, 0.1) is 0 Å². The zero-order valence-corrected chi connectivity index (χ0v) is 10.8. The molecule has 0 atom stereocenters. The molecule has 1 heterocycles.